The summed E-state index contributed by atoms with van der Waals surface area (Å²) in [5, 5.41) is 5.60. The van der Waals surface area contributed by atoms with Gasteiger partial charge in [0.15, 0.2) is 0 Å². The highest BCUT2D eigenvalue weighted by Gasteiger charge is 2.53. The van der Waals surface area contributed by atoms with Crippen LogP contribution in [0.1, 0.15) is 59.3 Å². The van der Waals surface area contributed by atoms with Crippen LogP contribution in [0.2, 0.25) is 0 Å². The molecule has 0 atom stereocenters. The third-order valence-electron chi connectivity index (χ3n) is 5.56. The van der Waals surface area contributed by atoms with Crippen molar-refractivity contribution in [2.24, 2.45) is 17.1 Å². The molecular formula is C18H32N4O3. The first-order valence-corrected chi connectivity index (χ1v) is 9.30. The summed E-state index contributed by atoms with van der Waals surface area (Å²) in [5.74, 6) is -0.00867. The number of carbonyl (C=O) groups excluding carboxylic acids is 3. The monoisotopic (exact) mass is 352 g/mol. The molecule has 1 saturated heterocycles. The van der Waals surface area contributed by atoms with Crippen molar-refractivity contribution in [1.29, 1.82) is 0 Å². The van der Waals surface area contributed by atoms with Crippen LogP contribution in [0.25, 0.3) is 0 Å². The van der Waals surface area contributed by atoms with Crippen molar-refractivity contribution in [2.45, 2.75) is 64.8 Å². The first kappa shape index (κ1) is 19.7. The predicted molar refractivity (Wildman–Crippen MR) is 95.7 cm³/mol. The second kappa shape index (κ2) is 7.72. The van der Waals surface area contributed by atoms with Crippen LogP contribution in [-0.4, -0.2) is 47.9 Å². The van der Waals surface area contributed by atoms with Crippen molar-refractivity contribution in [1.82, 2.24) is 15.5 Å². The van der Waals surface area contributed by atoms with Gasteiger partial charge < -0.3 is 16.4 Å². The summed E-state index contributed by atoms with van der Waals surface area (Å²) in [7, 11) is 0. The molecule has 0 aromatic heterocycles. The lowest BCUT2D eigenvalue weighted by Gasteiger charge is -2.40. The number of hydrogen-bond donors (Lipinski definition) is 3. The van der Waals surface area contributed by atoms with E-state index in [1.54, 1.807) is 0 Å². The molecule has 1 saturated carbocycles. The van der Waals surface area contributed by atoms with Crippen molar-refractivity contribution in [3.8, 4) is 0 Å². The van der Waals surface area contributed by atoms with Gasteiger partial charge in [-0.1, -0.05) is 20.8 Å². The van der Waals surface area contributed by atoms with Gasteiger partial charge in [0, 0.05) is 6.54 Å². The number of hydrogen-bond acceptors (Lipinski definition) is 4. The van der Waals surface area contributed by atoms with Crippen LogP contribution in [-0.2, 0) is 9.59 Å². The molecule has 1 aliphatic carbocycles. The molecule has 142 valence electrons. The van der Waals surface area contributed by atoms with Crippen molar-refractivity contribution in [3.63, 3.8) is 0 Å². The number of urea groups is 1. The van der Waals surface area contributed by atoms with Crippen LogP contribution in [0.15, 0.2) is 0 Å². The van der Waals surface area contributed by atoms with Gasteiger partial charge >= 0.3 is 6.03 Å². The Morgan fingerprint density at radius 3 is 2.48 bits per heavy atom. The largest absolute Gasteiger partial charge is 0.355 e. The molecule has 7 nitrogen and oxygen atoms in total. The zero-order valence-corrected chi connectivity index (χ0v) is 15.7. The minimum atomic E-state index is -0.807. The molecule has 0 aromatic carbocycles. The zero-order chi connectivity index (χ0) is 18.7. The van der Waals surface area contributed by atoms with Crippen LogP contribution in [0.4, 0.5) is 4.79 Å². The first-order valence-electron chi connectivity index (χ1n) is 9.30. The van der Waals surface area contributed by atoms with Gasteiger partial charge in [-0.3, -0.25) is 14.5 Å². The Balaban J connectivity index is 1.91. The van der Waals surface area contributed by atoms with E-state index in [9.17, 15) is 14.4 Å². The van der Waals surface area contributed by atoms with Gasteiger partial charge in [-0.2, -0.15) is 0 Å². The van der Waals surface area contributed by atoms with E-state index >= 15 is 0 Å². The minimum Gasteiger partial charge on any atom is -0.355 e. The number of nitrogens with zero attached hydrogens (tertiary/aromatic N) is 1. The summed E-state index contributed by atoms with van der Waals surface area (Å²) in [6, 6.07) is -0.448. The molecule has 4 N–H and O–H groups in total. The van der Waals surface area contributed by atoms with E-state index in [0.717, 1.165) is 30.6 Å². The Morgan fingerprint density at radius 1 is 1.28 bits per heavy atom. The smallest absolute Gasteiger partial charge is 0.325 e. The fourth-order valence-corrected chi connectivity index (χ4v) is 3.83. The molecule has 2 aliphatic rings. The highest BCUT2D eigenvalue weighted by atomic mass is 16.2. The number of unbranched alkanes of at least 4 members (excludes halogenated alkanes) is 1. The van der Waals surface area contributed by atoms with Crippen LogP contribution < -0.4 is 16.4 Å². The topological polar surface area (TPSA) is 105 Å². The van der Waals surface area contributed by atoms with Crippen LogP contribution >= 0.6 is 0 Å². The standard InChI is InChI=1S/C18H32N4O3/c1-17(2,3)13-6-8-18(9-7-13)15(24)22(16(25)21-18)12-14(23)20-11-5-4-10-19/h13H,4-12,19H2,1-3H3,(H,20,23)(H,21,25). The predicted octanol–water partition coefficient (Wildman–Crippen LogP) is 1.37. The van der Waals surface area contributed by atoms with Crippen LogP contribution in [0, 0.1) is 11.3 Å². The van der Waals surface area contributed by atoms with Gasteiger partial charge in [0.05, 0.1) is 0 Å². The van der Waals surface area contributed by atoms with E-state index in [0.29, 0.717) is 31.8 Å². The van der Waals surface area contributed by atoms with Gasteiger partial charge in [0.2, 0.25) is 5.91 Å². The highest BCUT2D eigenvalue weighted by Crippen LogP contribution is 2.43. The number of nitrogens with one attached hydrogen (secondary N) is 2. The third-order valence-corrected chi connectivity index (χ3v) is 5.56. The van der Waals surface area contributed by atoms with E-state index in [4.69, 9.17) is 5.73 Å². The zero-order valence-electron chi connectivity index (χ0n) is 15.7. The lowest BCUT2D eigenvalue weighted by Crippen LogP contribution is -2.51. The van der Waals surface area contributed by atoms with E-state index in [-0.39, 0.29) is 23.8 Å². The number of rotatable bonds is 6. The second-order valence-corrected chi connectivity index (χ2v) is 8.39. The Labute approximate surface area is 150 Å². The molecule has 2 fully saturated rings. The summed E-state index contributed by atoms with van der Waals surface area (Å²) in [6.45, 7) is 7.53. The summed E-state index contributed by atoms with van der Waals surface area (Å²) >= 11 is 0. The number of nitrogens with two attached hydrogens (primary N) is 1. The molecule has 4 amide bonds. The molecule has 25 heavy (non-hydrogen) atoms. The maximum atomic E-state index is 12.8. The fourth-order valence-electron chi connectivity index (χ4n) is 3.83. The van der Waals surface area contributed by atoms with Crippen molar-refractivity contribution < 1.29 is 14.4 Å². The Bertz CT molecular complexity index is 519. The van der Waals surface area contributed by atoms with Crippen LogP contribution in [0.3, 0.4) is 0 Å². The van der Waals surface area contributed by atoms with Gasteiger partial charge in [-0.05, 0) is 56.4 Å². The Morgan fingerprint density at radius 2 is 1.92 bits per heavy atom. The lowest BCUT2D eigenvalue weighted by atomic mass is 9.67. The van der Waals surface area contributed by atoms with E-state index in [2.05, 4.69) is 31.4 Å². The quantitative estimate of drug-likeness (QED) is 0.496. The maximum Gasteiger partial charge on any atom is 0.325 e. The highest BCUT2D eigenvalue weighted by molar-refractivity contribution is 6.09. The van der Waals surface area contributed by atoms with E-state index in [1.807, 2.05) is 0 Å². The molecule has 0 bridgehead atoms. The van der Waals surface area contributed by atoms with E-state index in [1.165, 1.54) is 0 Å². The van der Waals surface area contributed by atoms with Gasteiger partial charge in [-0.25, -0.2) is 4.79 Å². The van der Waals surface area contributed by atoms with Gasteiger partial charge in [-0.15, -0.1) is 0 Å². The molecule has 0 radical (unpaired) electrons. The molecule has 1 heterocycles. The van der Waals surface area contributed by atoms with Crippen molar-refractivity contribution >= 4 is 17.8 Å². The molecule has 1 spiro atoms. The Kier molecular flexibility index (Phi) is 6.08. The average Bonchev–Trinajstić information content (AvgIpc) is 2.75. The number of imide groups is 1. The van der Waals surface area contributed by atoms with E-state index < -0.39 is 11.6 Å². The molecular weight excluding hydrogens is 320 g/mol. The fraction of sp³-hybridized carbons (Fsp3) is 0.833. The summed E-state index contributed by atoms with van der Waals surface area (Å²) in [4.78, 5) is 38.1. The van der Waals surface area contributed by atoms with Crippen molar-refractivity contribution in [2.75, 3.05) is 19.6 Å². The number of carbonyl (C=O) groups is 3. The average molecular weight is 352 g/mol. The van der Waals surface area contributed by atoms with Crippen LogP contribution in [0.5, 0.6) is 0 Å². The normalized spacial score (nSPS) is 26.9. The minimum absolute atomic E-state index is 0.205. The molecule has 0 aromatic rings. The van der Waals surface area contributed by atoms with Gasteiger partial charge in [0.1, 0.15) is 12.1 Å². The summed E-state index contributed by atoms with van der Waals surface area (Å²) in [6.07, 6.45) is 4.74. The Hall–Kier alpha value is -1.63. The molecule has 7 heteroatoms. The second-order valence-electron chi connectivity index (χ2n) is 8.39. The molecule has 2 rings (SSSR count). The summed E-state index contributed by atoms with van der Waals surface area (Å²) in [5.41, 5.74) is 4.81. The third kappa shape index (κ3) is 4.51. The molecule has 1 aliphatic heterocycles. The summed E-state index contributed by atoms with van der Waals surface area (Å²) < 4.78 is 0. The first-order chi connectivity index (χ1) is 11.7. The lowest BCUT2D eigenvalue weighted by molar-refractivity contribution is -0.136. The maximum absolute atomic E-state index is 12.8. The number of amides is 4. The van der Waals surface area contributed by atoms with Crippen molar-refractivity contribution in [3.05, 3.63) is 0 Å². The SMILES string of the molecule is CC(C)(C)C1CCC2(CC1)NC(=O)N(CC(=O)NCCCCN)C2=O. The molecule has 0 unspecified atom stereocenters. The van der Waals surface area contributed by atoms with Gasteiger partial charge in [0.25, 0.3) is 5.91 Å².